The molecular formula is C14H15ClN4O2. The summed E-state index contributed by atoms with van der Waals surface area (Å²) in [6, 6.07) is 5.48. The van der Waals surface area contributed by atoms with Gasteiger partial charge in [-0.15, -0.1) is 0 Å². The highest BCUT2D eigenvalue weighted by atomic mass is 35.5. The summed E-state index contributed by atoms with van der Waals surface area (Å²) in [7, 11) is 0. The van der Waals surface area contributed by atoms with Gasteiger partial charge in [0.25, 0.3) is 0 Å². The maximum absolute atomic E-state index is 8.68. The van der Waals surface area contributed by atoms with Crippen molar-refractivity contribution in [2.24, 2.45) is 10.9 Å². The lowest BCUT2D eigenvalue weighted by Gasteiger charge is -2.09. The molecule has 0 spiro atoms. The molecule has 0 aliphatic carbocycles. The largest absolute Gasteiger partial charge is 0.477 e. The minimum Gasteiger partial charge on any atom is -0.477 e. The van der Waals surface area contributed by atoms with E-state index in [1.54, 1.807) is 18.5 Å². The number of rotatable bonds is 6. The number of hydrogen-bond acceptors (Lipinski definition) is 5. The van der Waals surface area contributed by atoms with E-state index >= 15 is 0 Å². The third-order valence-corrected chi connectivity index (χ3v) is 3.20. The zero-order chi connectivity index (χ0) is 15.1. The Balaban J connectivity index is 1.92. The molecule has 7 heteroatoms. The first-order valence-corrected chi connectivity index (χ1v) is 6.74. The lowest BCUT2D eigenvalue weighted by Crippen LogP contribution is -2.14. The Morgan fingerprint density at radius 3 is 2.76 bits per heavy atom. The highest BCUT2D eigenvalue weighted by Gasteiger charge is 2.12. The van der Waals surface area contributed by atoms with Crippen molar-refractivity contribution >= 4 is 17.4 Å². The van der Waals surface area contributed by atoms with Crippen molar-refractivity contribution in [3.05, 3.63) is 52.9 Å². The molecule has 0 aliphatic heterocycles. The molecule has 0 aliphatic rings. The Bertz CT molecular complexity index is 620. The van der Waals surface area contributed by atoms with E-state index in [0.717, 1.165) is 12.8 Å². The van der Waals surface area contributed by atoms with E-state index in [9.17, 15) is 0 Å². The number of pyridine rings is 2. The summed E-state index contributed by atoms with van der Waals surface area (Å²) < 4.78 is 5.54. The van der Waals surface area contributed by atoms with Crippen molar-refractivity contribution in [2.45, 2.75) is 12.8 Å². The fraction of sp³-hybridized carbons (Fsp3) is 0.214. The van der Waals surface area contributed by atoms with Crippen LogP contribution in [0.3, 0.4) is 0 Å². The number of ether oxygens (including phenoxy) is 1. The Morgan fingerprint density at radius 2 is 2.05 bits per heavy atom. The van der Waals surface area contributed by atoms with Crippen LogP contribution in [0.15, 0.2) is 41.9 Å². The number of aromatic nitrogens is 2. The maximum atomic E-state index is 8.68. The molecule has 0 amide bonds. The van der Waals surface area contributed by atoms with Crippen LogP contribution in [0.1, 0.15) is 17.5 Å². The van der Waals surface area contributed by atoms with Gasteiger partial charge in [0.1, 0.15) is 5.02 Å². The molecule has 0 saturated heterocycles. The summed E-state index contributed by atoms with van der Waals surface area (Å²) in [4.78, 5) is 8.01. The third kappa shape index (κ3) is 4.06. The Morgan fingerprint density at radius 1 is 1.29 bits per heavy atom. The van der Waals surface area contributed by atoms with Crippen LogP contribution in [0, 0.1) is 0 Å². The topological polar surface area (TPSA) is 93.6 Å². The summed E-state index contributed by atoms with van der Waals surface area (Å²) in [5.41, 5.74) is 7.10. The van der Waals surface area contributed by atoms with Crippen molar-refractivity contribution in [1.82, 2.24) is 9.97 Å². The van der Waals surface area contributed by atoms with Gasteiger partial charge in [0.2, 0.25) is 5.88 Å². The van der Waals surface area contributed by atoms with Crippen LogP contribution in [0.2, 0.25) is 5.02 Å². The van der Waals surface area contributed by atoms with E-state index in [0.29, 0.717) is 12.2 Å². The Hall–Kier alpha value is -2.34. The van der Waals surface area contributed by atoms with E-state index in [-0.39, 0.29) is 16.7 Å². The molecule has 6 nitrogen and oxygen atoms in total. The summed E-state index contributed by atoms with van der Waals surface area (Å²) in [5.74, 6) is 0.194. The average Bonchev–Trinajstić information content (AvgIpc) is 2.53. The van der Waals surface area contributed by atoms with Gasteiger partial charge in [0.15, 0.2) is 5.84 Å². The molecule has 0 atom stereocenters. The smallest absolute Gasteiger partial charge is 0.233 e. The lowest BCUT2D eigenvalue weighted by atomic mass is 10.1. The normalized spacial score (nSPS) is 11.4. The van der Waals surface area contributed by atoms with E-state index in [1.165, 1.54) is 11.8 Å². The first-order valence-electron chi connectivity index (χ1n) is 6.36. The summed E-state index contributed by atoms with van der Waals surface area (Å²) >= 11 is 6.11. The second-order valence-corrected chi connectivity index (χ2v) is 4.65. The minimum absolute atomic E-state index is 0.0796. The van der Waals surface area contributed by atoms with Crippen LogP contribution >= 0.6 is 11.6 Å². The number of nitrogens with zero attached hydrogens (tertiary/aromatic N) is 3. The zero-order valence-corrected chi connectivity index (χ0v) is 12.0. The molecule has 2 aromatic heterocycles. The van der Waals surface area contributed by atoms with Crippen LogP contribution < -0.4 is 10.5 Å². The fourth-order valence-electron chi connectivity index (χ4n) is 1.77. The third-order valence-electron chi connectivity index (χ3n) is 2.84. The molecular weight excluding hydrogens is 292 g/mol. The SMILES string of the molecule is N/C(=N/O)c1ccnc(OCCCc2ccncc2)c1Cl. The van der Waals surface area contributed by atoms with Crippen molar-refractivity contribution in [3.63, 3.8) is 0 Å². The number of oxime groups is 1. The average molecular weight is 307 g/mol. The van der Waals surface area contributed by atoms with Crippen molar-refractivity contribution in [3.8, 4) is 5.88 Å². The van der Waals surface area contributed by atoms with Gasteiger partial charge in [0.05, 0.1) is 6.61 Å². The lowest BCUT2D eigenvalue weighted by molar-refractivity contribution is 0.299. The molecule has 0 unspecified atom stereocenters. The van der Waals surface area contributed by atoms with E-state index in [2.05, 4.69) is 15.1 Å². The molecule has 2 aromatic rings. The molecule has 3 N–H and O–H groups in total. The van der Waals surface area contributed by atoms with Gasteiger partial charge in [-0.25, -0.2) is 4.98 Å². The summed E-state index contributed by atoms with van der Waals surface area (Å²) in [6.45, 7) is 0.467. The van der Waals surface area contributed by atoms with E-state index < -0.39 is 0 Å². The molecule has 2 rings (SSSR count). The second kappa shape index (κ2) is 7.44. The van der Waals surface area contributed by atoms with Gasteiger partial charge >= 0.3 is 0 Å². The van der Waals surface area contributed by atoms with Crippen LogP contribution in [0.25, 0.3) is 0 Å². The number of amidine groups is 1. The quantitative estimate of drug-likeness (QED) is 0.281. The standard InChI is InChI=1S/C14H15ClN4O2/c15-12-11(13(16)19-20)5-8-18-14(12)21-9-1-2-10-3-6-17-7-4-10/h3-8,20H,1-2,9H2,(H2,16,19). The van der Waals surface area contributed by atoms with Crippen LogP contribution in [-0.2, 0) is 6.42 Å². The van der Waals surface area contributed by atoms with Gasteiger partial charge < -0.3 is 15.7 Å². The summed E-state index contributed by atoms with van der Waals surface area (Å²) in [6.07, 6.45) is 6.71. The minimum atomic E-state index is -0.0796. The number of nitrogens with two attached hydrogens (primary N) is 1. The molecule has 2 heterocycles. The van der Waals surface area contributed by atoms with Gasteiger partial charge in [0, 0.05) is 24.2 Å². The van der Waals surface area contributed by atoms with Crippen molar-refractivity contribution < 1.29 is 9.94 Å². The van der Waals surface area contributed by atoms with E-state index in [1.807, 2.05) is 12.1 Å². The van der Waals surface area contributed by atoms with E-state index in [4.69, 9.17) is 27.3 Å². The molecule has 0 saturated carbocycles. The molecule has 0 radical (unpaired) electrons. The fourth-order valence-corrected chi connectivity index (χ4v) is 2.03. The number of hydrogen-bond donors (Lipinski definition) is 2. The van der Waals surface area contributed by atoms with Crippen molar-refractivity contribution in [1.29, 1.82) is 0 Å². The second-order valence-electron chi connectivity index (χ2n) is 4.27. The maximum Gasteiger partial charge on any atom is 0.233 e. The van der Waals surface area contributed by atoms with Gasteiger partial charge in [-0.05, 0) is 36.6 Å². The molecule has 21 heavy (non-hydrogen) atoms. The predicted molar refractivity (Wildman–Crippen MR) is 79.8 cm³/mol. The monoisotopic (exact) mass is 306 g/mol. The first kappa shape index (κ1) is 15.1. The van der Waals surface area contributed by atoms with Gasteiger partial charge in [-0.1, -0.05) is 16.8 Å². The molecule has 0 fully saturated rings. The number of aryl methyl sites for hydroxylation is 1. The Kier molecular flexibility index (Phi) is 5.34. The van der Waals surface area contributed by atoms with Crippen LogP contribution in [-0.4, -0.2) is 27.6 Å². The highest BCUT2D eigenvalue weighted by molar-refractivity contribution is 6.35. The summed E-state index contributed by atoms with van der Waals surface area (Å²) in [5, 5.41) is 11.8. The van der Waals surface area contributed by atoms with Crippen molar-refractivity contribution in [2.75, 3.05) is 6.61 Å². The number of halogens is 1. The predicted octanol–water partition coefficient (Wildman–Crippen LogP) is 2.24. The van der Waals surface area contributed by atoms with Gasteiger partial charge in [-0.3, -0.25) is 4.98 Å². The molecule has 0 aromatic carbocycles. The van der Waals surface area contributed by atoms with Crippen LogP contribution in [0.5, 0.6) is 5.88 Å². The molecule has 0 bridgehead atoms. The van der Waals surface area contributed by atoms with Crippen LogP contribution in [0.4, 0.5) is 0 Å². The zero-order valence-electron chi connectivity index (χ0n) is 11.2. The first-order chi connectivity index (χ1) is 10.2. The molecule has 110 valence electrons. The van der Waals surface area contributed by atoms with Gasteiger partial charge in [-0.2, -0.15) is 0 Å². The Labute approximate surface area is 127 Å². The highest BCUT2D eigenvalue weighted by Crippen LogP contribution is 2.25.